The molecule has 1 aromatic rings. The van der Waals surface area contributed by atoms with Gasteiger partial charge < -0.3 is 15.5 Å². The fourth-order valence-electron chi connectivity index (χ4n) is 5.13. The van der Waals surface area contributed by atoms with Gasteiger partial charge in [0.15, 0.2) is 0 Å². The lowest BCUT2D eigenvalue weighted by Gasteiger charge is -2.29. The molecule has 28 heavy (non-hydrogen) atoms. The van der Waals surface area contributed by atoms with E-state index in [9.17, 15) is 14.4 Å². The minimum absolute atomic E-state index is 0.108. The molecule has 2 atom stereocenters. The Balaban J connectivity index is 1.27. The third kappa shape index (κ3) is 2.93. The molecule has 7 heteroatoms. The minimum Gasteiger partial charge on any atom is -0.322 e. The third-order valence-electron chi connectivity index (χ3n) is 6.93. The predicted molar refractivity (Wildman–Crippen MR) is 102 cm³/mol. The van der Waals surface area contributed by atoms with Crippen LogP contribution in [0.25, 0.3) is 0 Å². The summed E-state index contributed by atoms with van der Waals surface area (Å²) in [5.41, 5.74) is 3.21. The highest BCUT2D eigenvalue weighted by Crippen LogP contribution is 2.46. The van der Waals surface area contributed by atoms with E-state index in [0.717, 1.165) is 30.8 Å². The van der Waals surface area contributed by atoms with Crippen molar-refractivity contribution in [2.24, 2.45) is 5.92 Å². The zero-order valence-corrected chi connectivity index (χ0v) is 15.9. The molecule has 3 aliphatic heterocycles. The molecule has 4 aliphatic rings. The maximum atomic E-state index is 12.9. The highest BCUT2D eigenvalue weighted by Gasteiger charge is 2.51. The van der Waals surface area contributed by atoms with Gasteiger partial charge in [-0.2, -0.15) is 0 Å². The van der Waals surface area contributed by atoms with Crippen molar-refractivity contribution >= 4 is 17.7 Å². The van der Waals surface area contributed by atoms with Crippen molar-refractivity contribution in [2.75, 3.05) is 13.1 Å². The number of imide groups is 1. The molecule has 7 nitrogen and oxygen atoms in total. The summed E-state index contributed by atoms with van der Waals surface area (Å²) in [6.07, 6.45) is 4.48. The van der Waals surface area contributed by atoms with Crippen LogP contribution in [-0.4, -0.2) is 47.3 Å². The Morgan fingerprint density at radius 1 is 1.18 bits per heavy atom. The molecule has 0 aromatic heterocycles. The number of nitrogens with zero attached hydrogens (tertiary/aromatic N) is 1. The molecule has 2 saturated heterocycles. The van der Waals surface area contributed by atoms with Gasteiger partial charge in [-0.05, 0) is 55.3 Å². The van der Waals surface area contributed by atoms with Crippen molar-refractivity contribution in [3.8, 4) is 0 Å². The first-order valence-electron chi connectivity index (χ1n) is 10.3. The van der Waals surface area contributed by atoms with Gasteiger partial charge in [0.1, 0.15) is 6.04 Å². The average Bonchev–Trinajstić information content (AvgIpc) is 3.23. The normalized spacial score (nSPS) is 28.0. The van der Waals surface area contributed by atoms with E-state index < -0.39 is 6.04 Å². The Morgan fingerprint density at radius 2 is 2.04 bits per heavy atom. The van der Waals surface area contributed by atoms with E-state index in [1.165, 1.54) is 19.3 Å². The molecular formula is C21H26N4O3. The number of hydrogen-bond acceptors (Lipinski definition) is 5. The van der Waals surface area contributed by atoms with Crippen LogP contribution >= 0.6 is 0 Å². The number of amides is 3. The highest BCUT2D eigenvalue weighted by atomic mass is 16.2. The summed E-state index contributed by atoms with van der Waals surface area (Å²) in [6, 6.07) is 5.26. The first-order valence-corrected chi connectivity index (χ1v) is 10.3. The second-order valence-corrected chi connectivity index (χ2v) is 8.54. The van der Waals surface area contributed by atoms with Crippen molar-refractivity contribution in [3.05, 3.63) is 34.9 Å². The van der Waals surface area contributed by atoms with Gasteiger partial charge in [0, 0.05) is 37.2 Å². The van der Waals surface area contributed by atoms with Crippen LogP contribution in [0, 0.1) is 5.92 Å². The quantitative estimate of drug-likeness (QED) is 0.652. The van der Waals surface area contributed by atoms with E-state index in [4.69, 9.17) is 0 Å². The van der Waals surface area contributed by atoms with Crippen molar-refractivity contribution in [3.63, 3.8) is 0 Å². The second kappa shape index (κ2) is 6.67. The number of carbonyl (C=O) groups excluding carboxylic acids is 3. The van der Waals surface area contributed by atoms with E-state index in [1.807, 2.05) is 12.1 Å². The van der Waals surface area contributed by atoms with Crippen LogP contribution in [-0.2, 0) is 22.7 Å². The standard InChI is InChI=1S/C21H26N4O3/c26-18-5-4-17(19(27)24-18)25-12-16-13(2-1-3-15(16)20(25)28)10-22-11-14-6-9-23-21(14)7-8-21/h1-3,14,17,22-23H,4-12H2,(H,24,26,27). The molecule has 0 bridgehead atoms. The number of carbonyl (C=O) groups is 3. The van der Waals surface area contributed by atoms with E-state index in [0.29, 0.717) is 30.0 Å². The summed E-state index contributed by atoms with van der Waals surface area (Å²) in [6.45, 7) is 3.27. The molecular weight excluding hydrogens is 356 g/mol. The van der Waals surface area contributed by atoms with Crippen LogP contribution in [0.1, 0.15) is 53.6 Å². The zero-order valence-electron chi connectivity index (χ0n) is 15.9. The summed E-state index contributed by atoms with van der Waals surface area (Å²) in [7, 11) is 0. The van der Waals surface area contributed by atoms with Gasteiger partial charge in [-0.3, -0.25) is 19.7 Å². The van der Waals surface area contributed by atoms with E-state index in [1.54, 1.807) is 4.90 Å². The van der Waals surface area contributed by atoms with Gasteiger partial charge in [0.2, 0.25) is 11.8 Å². The molecule has 3 heterocycles. The zero-order chi connectivity index (χ0) is 19.3. The number of fused-ring (bicyclic) bond motifs is 1. The lowest BCUT2D eigenvalue weighted by Crippen LogP contribution is -2.52. The summed E-state index contributed by atoms with van der Waals surface area (Å²) in [4.78, 5) is 38.1. The van der Waals surface area contributed by atoms with Crippen LogP contribution in [0.2, 0.25) is 0 Å². The molecule has 2 unspecified atom stereocenters. The van der Waals surface area contributed by atoms with Gasteiger partial charge in [0.05, 0.1) is 0 Å². The summed E-state index contributed by atoms with van der Waals surface area (Å²) in [5.74, 6) is -0.0418. The van der Waals surface area contributed by atoms with Crippen molar-refractivity contribution in [2.45, 2.75) is 56.8 Å². The summed E-state index contributed by atoms with van der Waals surface area (Å²) >= 11 is 0. The number of benzene rings is 1. The van der Waals surface area contributed by atoms with Gasteiger partial charge in [0.25, 0.3) is 5.91 Å². The maximum Gasteiger partial charge on any atom is 0.255 e. The monoisotopic (exact) mass is 382 g/mol. The van der Waals surface area contributed by atoms with E-state index in [-0.39, 0.29) is 24.1 Å². The number of nitrogens with one attached hydrogen (secondary N) is 3. The van der Waals surface area contributed by atoms with Gasteiger partial charge in [-0.1, -0.05) is 12.1 Å². The van der Waals surface area contributed by atoms with Crippen molar-refractivity contribution < 1.29 is 14.4 Å². The van der Waals surface area contributed by atoms with Gasteiger partial charge in [-0.15, -0.1) is 0 Å². The fraction of sp³-hybridized carbons (Fsp3) is 0.571. The summed E-state index contributed by atoms with van der Waals surface area (Å²) in [5, 5.41) is 9.61. The largest absolute Gasteiger partial charge is 0.322 e. The first kappa shape index (κ1) is 17.8. The van der Waals surface area contributed by atoms with Crippen LogP contribution in [0.5, 0.6) is 0 Å². The Bertz CT molecular complexity index is 848. The molecule has 1 saturated carbocycles. The smallest absolute Gasteiger partial charge is 0.255 e. The number of piperidine rings is 1. The van der Waals surface area contributed by atoms with E-state index >= 15 is 0 Å². The molecule has 3 amide bonds. The molecule has 1 aromatic carbocycles. The molecule has 5 rings (SSSR count). The Kier molecular flexibility index (Phi) is 4.25. The Morgan fingerprint density at radius 3 is 2.82 bits per heavy atom. The molecule has 1 aliphatic carbocycles. The van der Waals surface area contributed by atoms with Crippen molar-refractivity contribution in [1.82, 2.24) is 20.9 Å². The molecule has 3 fully saturated rings. The highest BCUT2D eigenvalue weighted by molar-refractivity contribution is 6.05. The first-order chi connectivity index (χ1) is 13.6. The molecule has 3 N–H and O–H groups in total. The minimum atomic E-state index is -0.558. The van der Waals surface area contributed by atoms with Crippen LogP contribution < -0.4 is 16.0 Å². The van der Waals surface area contributed by atoms with Crippen LogP contribution in [0.4, 0.5) is 0 Å². The van der Waals surface area contributed by atoms with Crippen LogP contribution in [0.3, 0.4) is 0 Å². The predicted octanol–water partition coefficient (Wildman–Crippen LogP) is 0.679. The van der Waals surface area contributed by atoms with Crippen LogP contribution in [0.15, 0.2) is 18.2 Å². The van der Waals surface area contributed by atoms with Gasteiger partial charge in [-0.25, -0.2) is 0 Å². The molecule has 0 radical (unpaired) electrons. The van der Waals surface area contributed by atoms with Gasteiger partial charge >= 0.3 is 0 Å². The SMILES string of the molecule is O=C1CCC(N2Cc3c(CNCC4CCNC45CC5)cccc3C2=O)C(=O)N1. The second-order valence-electron chi connectivity index (χ2n) is 8.54. The fourth-order valence-corrected chi connectivity index (χ4v) is 5.13. The lowest BCUT2D eigenvalue weighted by atomic mass is 9.98. The average molecular weight is 382 g/mol. The Hall–Kier alpha value is -2.25. The number of rotatable bonds is 5. The lowest BCUT2D eigenvalue weighted by molar-refractivity contribution is -0.136. The Labute approximate surface area is 164 Å². The molecule has 1 spiro atoms. The van der Waals surface area contributed by atoms with E-state index in [2.05, 4.69) is 22.0 Å². The summed E-state index contributed by atoms with van der Waals surface area (Å²) < 4.78 is 0. The molecule has 148 valence electrons. The topological polar surface area (TPSA) is 90.5 Å². The van der Waals surface area contributed by atoms with Crippen molar-refractivity contribution in [1.29, 1.82) is 0 Å². The number of hydrogen-bond donors (Lipinski definition) is 3. The maximum absolute atomic E-state index is 12.9. The third-order valence-corrected chi connectivity index (χ3v) is 6.93.